The van der Waals surface area contributed by atoms with Crippen LogP contribution in [0.4, 0.5) is 0 Å². The van der Waals surface area contributed by atoms with E-state index in [-0.39, 0.29) is 0 Å². The molecule has 16 heavy (non-hydrogen) atoms. The van der Waals surface area contributed by atoms with E-state index in [0.717, 1.165) is 30.2 Å². The number of hydrogen-bond donors (Lipinski definition) is 1. The van der Waals surface area contributed by atoms with Gasteiger partial charge in [-0.15, -0.1) is 0 Å². The highest BCUT2D eigenvalue weighted by Crippen LogP contribution is 2.09. The molecule has 0 fully saturated rings. The number of hydrogen-bond acceptors (Lipinski definition) is 3. The summed E-state index contributed by atoms with van der Waals surface area (Å²) in [6, 6.07) is 6.19. The first kappa shape index (κ1) is 13.5. The van der Waals surface area contributed by atoms with Crippen molar-refractivity contribution in [2.24, 2.45) is 5.92 Å². The van der Waals surface area contributed by atoms with Crippen LogP contribution in [0.25, 0.3) is 0 Å². The van der Waals surface area contributed by atoms with Crippen LogP contribution < -0.4 is 0 Å². The number of aromatic nitrogens is 1. The Labute approximate surface area is 104 Å². The molecule has 0 amide bonds. The highest BCUT2D eigenvalue weighted by molar-refractivity contribution is 7.80. The molecule has 1 aromatic rings. The molecule has 0 N–H and O–H groups in total. The van der Waals surface area contributed by atoms with Gasteiger partial charge in [0.15, 0.2) is 0 Å². The van der Waals surface area contributed by atoms with Gasteiger partial charge in [0.1, 0.15) is 0 Å². The quantitative estimate of drug-likeness (QED) is 0.767. The van der Waals surface area contributed by atoms with Crippen molar-refractivity contribution in [1.82, 2.24) is 9.88 Å². The van der Waals surface area contributed by atoms with E-state index in [2.05, 4.69) is 48.6 Å². The fraction of sp³-hybridized carbons (Fsp3) is 0.615. The number of nitrogens with zero attached hydrogens (tertiary/aromatic N) is 2. The van der Waals surface area contributed by atoms with Crippen molar-refractivity contribution in [3.05, 3.63) is 29.6 Å². The number of aryl methyl sites for hydroxylation is 1. The van der Waals surface area contributed by atoms with Crippen LogP contribution in [0, 0.1) is 12.8 Å². The molecule has 2 nitrogen and oxygen atoms in total. The molecule has 90 valence electrons. The largest absolute Gasteiger partial charge is 0.300 e. The minimum atomic E-state index is 0.679. The molecule has 0 saturated carbocycles. The first-order chi connectivity index (χ1) is 7.65. The second-order valence-electron chi connectivity index (χ2n) is 4.42. The van der Waals surface area contributed by atoms with Gasteiger partial charge in [0.05, 0.1) is 5.69 Å². The van der Waals surface area contributed by atoms with Gasteiger partial charge in [-0.25, -0.2) is 0 Å². The monoisotopic (exact) mass is 238 g/mol. The van der Waals surface area contributed by atoms with E-state index in [9.17, 15) is 0 Å². The predicted octanol–water partition coefficient (Wildman–Crippen LogP) is 2.78. The Morgan fingerprint density at radius 3 is 2.75 bits per heavy atom. The molecule has 0 radical (unpaired) electrons. The fourth-order valence-corrected chi connectivity index (χ4v) is 2.16. The second kappa shape index (κ2) is 6.92. The molecule has 1 unspecified atom stereocenters. The lowest BCUT2D eigenvalue weighted by atomic mass is 10.1. The van der Waals surface area contributed by atoms with E-state index in [1.54, 1.807) is 0 Å². The maximum atomic E-state index is 4.51. The van der Waals surface area contributed by atoms with Crippen LogP contribution in [0.15, 0.2) is 18.2 Å². The molecular weight excluding hydrogens is 216 g/mol. The standard InChI is InChI=1S/C13H22N2S/c1-4-12(10-16)8-15(3)9-13-7-5-6-11(2)14-13/h5-7,12,16H,4,8-10H2,1-3H3. The van der Waals surface area contributed by atoms with E-state index in [4.69, 9.17) is 0 Å². The maximum absolute atomic E-state index is 4.51. The average molecular weight is 238 g/mol. The Kier molecular flexibility index (Phi) is 5.85. The summed E-state index contributed by atoms with van der Waals surface area (Å²) in [7, 11) is 2.15. The topological polar surface area (TPSA) is 16.1 Å². The fourth-order valence-electron chi connectivity index (χ4n) is 1.79. The van der Waals surface area contributed by atoms with Gasteiger partial charge in [0.2, 0.25) is 0 Å². The second-order valence-corrected chi connectivity index (χ2v) is 4.79. The van der Waals surface area contributed by atoms with E-state index < -0.39 is 0 Å². The van der Waals surface area contributed by atoms with Gasteiger partial charge in [-0.2, -0.15) is 12.6 Å². The van der Waals surface area contributed by atoms with Gasteiger partial charge in [-0.3, -0.25) is 4.98 Å². The molecule has 0 aliphatic rings. The summed E-state index contributed by atoms with van der Waals surface area (Å²) in [6.07, 6.45) is 1.19. The zero-order valence-electron chi connectivity index (χ0n) is 10.5. The molecule has 3 heteroatoms. The number of thiol groups is 1. The first-order valence-corrected chi connectivity index (χ1v) is 6.50. The number of pyridine rings is 1. The summed E-state index contributed by atoms with van der Waals surface area (Å²) in [5, 5.41) is 0. The lowest BCUT2D eigenvalue weighted by Crippen LogP contribution is -2.26. The number of rotatable bonds is 6. The van der Waals surface area contributed by atoms with Crippen LogP contribution in [0.2, 0.25) is 0 Å². The molecular formula is C13H22N2S. The van der Waals surface area contributed by atoms with Crippen molar-refractivity contribution >= 4 is 12.6 Å². The van der Waals surface area contributed by atoms with Gasteiger partial charge in [0, 0.05) is 18.8 Å². The van der Waals surface area contributed by atoms with E-state index >= 15 is 0 Å². The Balaban J connectivity index is 2.47. The van der Waals surface area contributed by atoms with Crippen LogP contribution in [0.1, 0.15) is 24.7 Å². The molecule has 0 bridgehead atoms. The van der Waals surface area contributed by atoms with Crippen LogP contribution >= 0.6 is 12.6 Å². The highest BCUT2D eigenvalue weighted by atomic mass is 32.1. The van der Waals surface area contributed by atoms with Crippen LogP contribution in [-0.4, -0.2) is 29.2 Å². The normalized spacial score (nSPS) is 13.1. The van der Waals surface area contributed by atoms with Crippen molar-refractivity contribution < 1.29 is 0 Å². The Bertz CT molecular complexity index is 311. The lowest BCUT2D eigenvalue weighted by molar-refractivity contribution is 0.275. The summed E-state index contributed by atoms with van der Waals surface area (Å²) in [5.74, 6) is 1.64. The molecule has 0 spiro atoms. The minimum Gasteiger partial charge on any atom is -0.300 e. The van der Waals surface area contributed by atoms with E-state index in [1.165, 1.54) is 6.42 Å². The summed E-state index contributed by atoms with van der Waals surface area (Å²) in [6.45, 7) is 6.27. The van der Waals surface area contributed by atoms with E-state index in [0.29, 0.717) is 5.92 Å². The molecule has 1 rings (SSSR count). The maximum Gasteiger partial charge on any atom is 0.0547 e. The third-order valence-electron chi connectivity index (χ3n) is 2.78. The SMILES string of the molecule is CCC(CS)CN(C)Cc1cccc(C)n1. The third kappa shape index (κ3) is 4.54. The van der Waals surface area contributed by atoms with Crippen molar-refractivity contribution in [2.45, 2.75) is 26.8 Å². The Morgan fingerprint density at radius 2 is 2.19 bits per heavy atom. The third-order valence-corrected chi connectivity index (χ3v) is 3.30. The lowest BCUT2D eigenvalue weighted by Gasteiger charge is -2.21. The smallest absolute Gasteiger partial charge is 0.0547 e. The molecule has 1 aromatic heterocycles. The summed E-state index contributed by atoms with van der Waals surface area (Å²) < 4.78 is 0. The zero-order chi connectivity index (χ0) is 12.0. The summed E-state index contributed by atoms with van der Waals surface area (Å²) in [4.78, 5) is 6.84. The summed E-state index contributed by atoms with van der Waals surface area (Å²) in [5.41, 5.74) is 2.24. The van der Waals surface area contributed by atoms with Gasteiger partial charge < -0.3 is 4.90 Å². The zero-order valence-corrected chi connectivity index (χ0v) is 11.4. The molecule has 1 atom stereocenters. The van der Waals surface area contributed by atoms with Crippen molar-refractivity contribution in [2.75, 3.05) is 19.3 Å². The van der Waals surface area contributed by atoms with Crippen LogP contribution in [0.5, 0.6) is 0 Å². The minimum absolute atomic E-state index is 0.679. The van der Waals surface area contributed by atoms with Crippen molar-refractivity contribution in [3.8, 4) is 0 Å². The Hall–Kier alpha value is -0.540. The molecule has 0 aliphatic carbocycles. The summed E-state index contributed by atoms with van der Waals surface area (Å²) >= 11 is 4.37. The van der Waals surface area contributed by atoms with Gasteiger partial charge >= 0.3 is 0 Å². The van der Waals surface area contributed by atoms with Crippen LogP contribution in [-0.2, 0) is 6.54 Å². The van der Waals surface area contributed by atoms with Gasteiger partial charge in [-0.1, -0.05) is 19.4 Å². The average Bonchev–Trinajstić information content (AvgIpc) is 2.26. The predicted molar refractivity (Wildman–Crippen MR) is 72.9 cm³/mol. The molecule has 1 heterocycles. The molecule has 0 saturated heterocycles. The van der Waals surface area contributed by atoms with Gasteiger partial charge in [-0.05, 0) is 37.8 Å². The van der Waals surface area contributed by atoms with Crippen molar-refractivity contribution in [3.63, 3.8) is 0 Å². The molecule has 0 aromatic carbocycles. The highest BCUT2D eigenvalue weighted by Gasteiger charge is 2.08. The van der Waals surface area contributed by atoms with Gasteiger partial charge in [0.25, 0.3) is 0 Å². The first-order valence-electron chi connectivity index (χ1n) is 5.87. The molecule has 0 aliphatic heterocycles. The van der Waals surface area contributed by atoms with Crippen LogP contribution in [0.3, 0.4) is 0 Å². The van der Waals surface area contributed by atoms with E-state index in [1.807, 2.05) is 13.0 Å². The Morgan fingerprint density at radius 1 is 1.44 bits per heavy atom. The van der Waals surface area contributed by atoms with Crippen molar-refractivity contribution in [1.29, 1.82) is 0 Å².